The fourth-order valence-electron chi connectivity index (χ4n) is 0.673. The molecule has 0 spiro atoms. The Kier molecular flexibility index (Phi) is 6.23. The van der Waals surface area contributed by atoms with Crippen LogP contribution < -0.4 is 10.5 Å². The summed E-state index contributed by atoms with van der Waals surface area (Å²) in [5.41, 5.74) is 5.20. The van der Waals surface area contributed by atoms with E-state index in [2.05, 4.69) is 4.72 Å². The van der Waals surface area contributed by atoms with Crippen molar-refractivity contribution in [1.82, 2.24) is 4.72 Å². The van der Waals surface area contributed by atoms with E-state index in [4.69, 9.17) is 10.5 Å². The van der Waals surface area contributed by atoms with Gasteiger partial charge in [0.1, 0.15) is 0 Å². The Morgan fingerprint density at radius 2 is 2.15 bits per heavy atom. The van der Waals surface area contributed by atoms with Gasteiger partial charge in [-0.15, -0.1) is 0 Å². The van der Waals surface area contributed by atoms with E-state index in [0.717, 1.165) is 0 Å². The average Bonchev–Trinajstić information content (AvgIpc) is 2.11. The number of hydrogen-bond acceptors (Lipinski definition) is 4. The van der Waals surface area contributed by atoms with Gasteiger partial charge in [-0.25, -0.2) is 13.1 Å². The molecule has 0 bridgehead atoms. The molecular formula is C7H18N2O3S. The molecule has 0 saturated carbocycles. The molecule has 0 aliphatic heterocycles. The van der Waals surface area contributed by atoms with Crippen molar-refractivity contribution < 1.29 is 13.2 Å². The highest BCUT2D eigenvalue weighted by molar-refractivity contribution is 7.89. The van der Waals surface area contributed by atoms with Crippen LogP contribution in [0.25, 0.3) is 0 Å². The molecule has 0 aliphatic carbocycles. The van der Waals surface area contributed by atoms with Crippen molar-refractivity contribution in [2.45, 2.75) is 19.4 Å². The lowest BCUT2D eigenvalue weighted by molar-refractivity contribution is 0.122. The average molecular weight is 210 g/mol. The van der Waals surface area contributed by atoms with Gasteiger partial charge in [0, 0.05) is 13.7 Å². The molecule has 0 aliphatic rings. The number of sulfonamides is 1. The van der Waals surface area contributed by atoms with Crippen LogP contribution in [0.2, 0.25) is 0 Å². The normalized spacial score (nSPS) is 14.4. The fraction of sp³-hybridized carbons (Fsp3) is 1.00. The van der Waals surface area contributed by atoms with E-state index in [1.54, 1.807) is 14.0 Å². The summed E-state index contributed by atoms with van der Waals surface area (Å²) in [5, 5.41) is 0. The van der Waals surface area contributed by atoms with Crippen LogP contribution in [0.4, 0.5) is 0 Å². The first-order valence-corrected chi connectivity index (χ1v) is 5.87. The van der Waals surface area contributed by atoms with Gasteiger partial charge in [-0.05, 0) is 19.9 Å². The van der Waals surface area contributed by atoms with Crippen LogP contribution in [-0.4, -0.2) is 40.5 Å². The standard InChI is InChI=1S/C7H18N2O3S/c1-7(12-2)6-9-13(10,11)5-3-4-8/h7,9H,3-6,8H2,1-2H3. The summed E-state index contributed by atoms with van der Waals surface area (Å²) in [5.74, 6) is 0.0833. The van der Waals surface area contributed by atoms with Crippen LogP contribution in [-0.2, 0) is 14.8 Å². The fourth-order valence-corrected chi connectivity index (χ4v) is 1.85. The molecule has 5 nitrogen and oxygen atoms in total. The summed E-state index contributed by atoms with van der Waals surface area (Å²) in [6.45, 7) is 2.50. The number of ether oxygens (including phenoxy) is 1. The summed E-state index contributed by atoms with van der Waals surface area (Å²) in [6.07, 6.45) is 0.379. The molecule has 13 heavy (non-hydrogen) atoms. The van der Waals surface area contributed by atoms with Gasteiger partial charge < -0.3 is 10.5 Å². The van der Waals surface area contributed by atoms with Crippen LogP contribution in [0, 0.1) is 0 Å². The minimum Gasteiger partial charge on any atom is -0.380 e. The highest BCUT2D eigenvalue weighted by atomic mass is 32.2. The summed E-state index contributed by atoms with van der Waals surface area (Å²) >= 11 is 0. The van der Waals surface area contributed by atoms with Gasteiger partial charge >= 0.3 is 0 Å². The Bertz CT molecular complexity index is 216. The molecule has 0 aromatic carbocycles. The minimum absolute atomic E-state index is 0.0833. The van der Waals surface area contributed by atoms with E-state index in [1.807, 2.05) is 0 Å². The number of hydrogen-bond donors (Lipinski definition) is 2. The number of nitrogens with one attached hydrogen (secondary N) is 1. The van der Waals surface area contributed by atoms with Crippen molar-refractivity contribution in [3.63, 3.8) is 0 Å². The third-order valence-electron chi connectivity index (χ3n) is 1.61. The van der Waals surface area contributed by atoms with Gasteiger partial charge in [0.25, 0.3) is 0 Å². The van der Waals surface area contributed by atoms with Crippen LogP contribution in [0.5, 0.6) is 0 Å². The van der Waals surface area contributed by atoms with Crippen molar-refractivity contribution in [3.8, 4) is 0 Å². The third kappa shape index (κ3) is 6.94. The Labute approximate surface area is 79.7 Å². The predicted octanol–water partition coefficient (Wildman–Crippen LogP) is -0.710. The lowest BCUT2D eigenvalue weighted by Crippen LogP contribution is -2.33. The molecule has 0 aromatic heterocycles. The zero-order valence-electron chi connectivity index (χ0n) is 8.12. The number of rotatable bonds is 7. The molecule has 0 rings (SSSR count). The van der Waals surface area contributed by atoms with E-state index in [1.165, 1.54) is 0 Å². The molecular weight excluding hydrogens is 192 g/mol. The van der Waals surface area contributed by atoms with Gasteiger partial charge in [-0.1, -0.05) is 0 Å². The first kappa shape index (κ1) is 12.8. The summed E-state index contributed by atoms with van der Waals surface area (Å²) in [6, 6.07) is 0. The summed E-state index contributed by atoms with van der Waals surface area (Å²) in [4.78, 5) is 0. The van der Waals surface area contributed by atoms with E-state index < -0.39 is 10.0 Å². The molecule has 1 atom stereocenters. The first-order chi connectivity index (χ1) is 6.02. The maximum Gasteiger partial charge on any atom is 0.211 e. The minimum atomic E-state index is -3.16. The quantitative estimate of drug-likeness (QED) is 0.581. The first-order valence-electron chi connectivity index (χ1n) is 4.22. The monoisotopic (exact) mass is 210 g/mol. The van der Waals surface area contributed by atoms with Crippen molar-refractivity contribution >= 4 is 10.0 Å². The number of methoxy groups -OCH3 is 1. The molecule has 0 radical (unpaired) electrons. The van der Waals surface area contributed by atoms with Crippen molar-refractivity contribution in [2.24, 2.45) is 5.73 Å². The zero-order chi connectivity index (χ0) is 10.3. The second-order valence-corrected chi connectivity index (χ2v) is 4.78. The Morgan fingerprint density at radius 3 is 2.62 bits per heavy atom. The van der Waals surface area contributed by atoms with Crippen LogP contribution >= 0.6 is 0 Å². The van der Waals surface area contributed by atoms with E-state index in [0.29, 0.717) is 19.5 Å². The second kappa shape index (κ2) is 6.31. The highest BCUT2D eigenvalue weighted by Crippen LogP contribution is 1.90. The van der Waals surface area contributed by atoms with Gasteiger partial charge in [0.05, 0.1) is 11.9 Å². The molecule has 0 aromatic rings. The summed E-state index contributed by atoms with van der Waals surface area (Å²) < 4.78 is 29.7. The number of nitrogens with two attached hydrogens (primary N) is 1. The zero-order valence-corrected chi connectivity index (χ0v) is 8.93. The SMILES string of the molecule is COC(C)CNS(=O)(=O)CCCN. The smallest absolute Gasteiger partial charge is 0.211 e. The molecule has 0 fully saturated rings. The Balaban J connectivity index is 3.76. The molecule has 80 valence electrons. The highest BCUT2D eigenvalue weighted by Gasteiger charge is 2.10. The maximum absolute atomic E-state index is 11.2. The lowest BCUT2D eigenvalue weighted by atomic mass is 10.4. The van der Waals surface area contributed by atoms with Crippen molar-refractivity contribution in [3.05, 3.63) is 0 Å². The van der Waals surface area contributed by atoms with Crippen LogP contribution in [0.15, 0.2) is 0 Å². The molecule has 3 N–H and O–H groups in total. The molecule has 0 heterocycles. The topological polar surface area (TPSA) is 81.4 Å². The predicted molar refractivity (Wildman–Crippen MR) is 51.9 cm³/mol. The van der Waals surface area contributed by atoms with E-state index in [-0.39, 0.29) is 11.9 Å². The Hall–Kier alpha value is -0.170. The van der Waals surface area contributed by atoms with Crippen molar-refractivity contribution in [2.75, 3.05) is 26.0 Å². The van der Waals surface area contributed by atoms with Gasteiger partial charge in [0.15, 0.2) is 0 Å². The molecule has 1 unspecified atom stereocenters. The van der Waals surface area contributed by atoms with Crippen LogP contribution in [0.3, 0.4) is 0 Å². The van der Waals surface area contributed by atoms with Gasteiger partial charge in [-0.2, -0.15) is 0 Å². The lowest BCUT2D eigenvalue weighted by Gasteiger charge is -2.10. The van der Waals surface area contributed by atoms with E-state index >= 15 is 0 Å². The Morgan fingerprint density at radius 1 is 1.54 bits per heavy atom. The van der Waals surface area contributed by atoms with Crippen LogP contribution in [0.1, 0.15) is 13.3 Å². The molecule has 0 saturated heterocycles. The van der Waals surface area contributed by atoms with Crippen molar-refractivity contribution in [1.29, 1.82) is 0 Å². The second-order valence-electron chi connectivity index (χ2n) is 2.86. The van der Waals surface area contributed by atoms with Gasteiger partial charge in [-0.3, -0.25) is 0 Å². The van der Waals surface area contributed by atoms with E-state index in [9.17, 15) is 8.42 Å². The molecule has 0 amide bonds. The van der Waals surface area contributed by atoms with Gasteiger partial charge in [0.2, 0.25) is 10.0 Å². The maximum atomic E-state index is 11.2. The third-order valence-corrected chi connectivity index (χ3v) is 3.04. The molecule has 6 heteroatoms. The summed E-state index contributed by atoms with van der Waals surface area (Å²) in [7, 11) is -1.62. The largest absolute Gasteiger partial charge is 0.380 e.